The first kappa shape index (κ1) is 13.8. The van der Waals surface area contributed by atoms with Gasteiger partial charge >= 0.3 is 0 Å². The van der Waals surface area contributed by atoms with Gasteiger partial charge in [-0.3, -0.25) is 9.59 Å². The number of alkyl halides is 2. The van der Waals surface area contributed by atoms with Crippen LogP contribution in [0.2, 0.25) is 0 Å². The standard InChI is InChI=1S/C15H13Br2NO3/c16-12-6-5-7(13(12)17)11-10(6)14(20)18(15(11)21)8-3-1-2-4-9(8)19/h1-4,6-7,10-13,19H,5H2/t6-,7+,10-,11+,12?,13?. The van der Waals surface area contributed by atoms with Gasteiger partial charge in [0, 0.05) is 9.65 Å². The molecule has 0 spiro atoms. The smallest absolute Gasteiger partial charge is 0.238 e. The highest BCUT2D eigenvalue weighted by atomic mass is 79.9. The molecule has 6 heteroatoms. The molecular weight excluding hydrogens is 402 g/mol. The van der Waals surface area contributed by atoms with Crippen molar-refractivity contribution >= 4 is 49.4 Å². The van der Waals surface area contributed by atoms with Crippen LogP contribution in [0.4, 0.5) is 5.69 Å². The molecule has 2 bridgehead atoms. The summed E-state index contributed by atoms with van der Waals surface area (Å²) in [6.07, 6.45) is 0.910. The number of fused-ring (bicyclic) bond motifs is 5. The van der Waals surface area contributed by atoms with Gasteiger partial charge in [-0.15, -0.1) is 0 Å². The van der Waals surface area contributed by atoms with Crippen molar-refractivity contribution in [3.05, 3.63) is 24.3 Å². The van der Waals surface area contributed by atoms with Gasteiger partial charge in [-0.1, -0.05) is 44.0 Å². The number of rotatable bonds is 1. The van der Waals surface area contributed by atoms with Gasteiger partial charge in [-0.05, 0) is 30.4 Å². The van der Waals surface area contributed by atoms with E-state index >= 15 is 0 Å². The number of aromatic hydroxyl groups is 1. The Morgan fingerprint density at radius 3 is 2.05 bits per heavy atom. The Kier molecular flexibility index (Phi) is 2.99. The van der Waals surface area contributed by atoms with E-state index in [0.29, 0.717) is 5.69 Å². The van der Waals surface area contributed by atoms with Crippen LogP contribution in [0.15, 0.2) is 24.3 Å². The van der Waals surface area contributed by atoms with Crippen LogP contribution in [0.25, 0.3) is 0 Å². The first-order valence-corrected chi connectivity index (χ1v) is 8.79. The molecule has 2 saturated carbocycles. The number of amides is 2. The molecule has 3 fully saturated rings. The highest BCUT2D eigenvalue weighted by molar-refractivity contribution is 9.12. The molecule has 1 aromatic carbocycles. The zero-order chi connectivity index (χ0) is 14.9. The van der Waals surface area contributed by atoms with E-state index in [0.717, 1.165) is 6.42 Å². The Hall–Kier alpha value is -0.880. The number of anilines is 1. The Morgan fingerprint density at radius 2 is 1.52 bits per heavy atom. The number of nitrogens with zero attached hydrogens (tertiary/aromatic N) is 1. The fraction of sp³-hybridized carbons (Fsp3) is 0.467. The first-order valence-electron chi connectivity index (χ1n) is 6.96. The van der Waals surface area contributed by atoms with Crippen molar-refractivity contribution in [3.8, 4) is 5.75 Å². The van der Waals surface area contributed by atoms with E-state index < -0.39 is 0 Å². The first-order chi connectivity index (χ1) is 10.0. The second-order valence-corrected chi connectivity index (χ2v) is 8.12. The molecule has 2 amide bonds. The van der Waals surface area contributed by atoms with Crippen LogP contribution in [0.5, 0.6) is 5.75 Å². The summed E-state index contributed by atoms with van der Waals surface area (Å²) < 4.78 is 0. The van der Waals surface area contributed by atoms with Crippen molar-refractivity contribution in [3.63, 3.8) is 0 Å². The lowest BCUT2D eigenvalue weighted by Gasteiger charge is -2.28. The fourth-order valence-electron chi connectivity index (χ4n) is 4.24. The minimum atomic E-state index is -0.250. The topological polar surface area (TPSA) is 57.6 Å². The molecule has 2 aliphatic carbocycles. The van der Waals surface area contributed by atoms with E-state index in [1.54, 1.807) is 18.2 Å². The zero-order valence-corrected chi connectivity index (χ0v) is 14.1. The van der Waals surface area contributed by atoms with Crippen LogP contribution >= 0.6 is 31.9 Å². The number of hydrogen-bond donors (Lipinski definition) is 1. The summed E-state index contributed by atoms with van der Waals surface area (Å²) in [5.41, 5.74) is 0.304. The minimum absolute atomic E-state index is 0.0303. The molecule has 21 heavy (non-hydrogen) atoms. The summed E-state index contributed by atoms with van der Waals surface area (Å²) in [5.74, 6) is -0.475. The third-order valence-corrected chi connectivity index (χ3v) is 8.32. The van der Waals surface area contributed by atoms with E-state index in [9.17, 15) is 14.7 Å². The van der Waals surface area contributed by atoms with Crippen molar-refractivity contribution in [1.82, 2.24) is 0 Å². The molecule has 4 rings (SSSR count). The number of phenols is 1. The number of benzene rings is 1. The number of halogens is 2. The third-order valence-electron chi connectivity index (χ3n) is 5.11. The van der Waals surface area contributed by atoms with Gasteiger partial charge in [0.2, 0.25) is 11.8 Å². The number of carbonyl (C=O) groups is 2. The maximum absolute atomic E-state index is 12.7. The maximum atomic E-state index is 12.7. The molecule has 1 aliphatic heterocycles. The van der Waals surface area contributed by atoms with Crippen LogP contribution in [0, 0.1) is 23.7 Å². The predicted octanol–water partition coefficient (Wildman–Crippen LogP) is 2.67. The molecular formula is C15H13Br2NO3. The molecule has 1 N–H and O–H groups in total. The van der Waals surface area contributed by atoms with E-state index in [2.05, 4.69) is 31.9 Å². The number of imide groups is 1. The number of hydrogen-bond acceptors (Lipinski definition) is 3. The van der Waals surface area contributed by atoms with Crippen LogP contribution < -0.4 is 4.90 Å². The second kappa shape index (κ2) is 4.56. The van der Waals surface area contributed by atoms with Gasteiger partial charge in [0.1, 0.15) is 5.75 Å². The Bertz CT molecular complexity index is 618. The van der Waals surface area contributed by atoms with Crippen LogP contribution in [0.1, 0.15) is 6.42 Å². The molecule has 1 heterocycles. The van der Waals surface area contributed by atoms with Crippen LogP contribution in [-0.2, 0) is 9.59 Å². The summed E-state index contributed by atoms with van der Waals surface area (Å²) in [6, 6.07) is 6.51. The van der Waals surface area contributed by atoms with Gasteiger partial charge < -0.3 is 5.11 Å². The summed E-state index contributed by atoms with van der Waals surface area (Å²) in [7, 11) is 0. The molecule has 0 radical (unpaired) electrons. The van der Waals surface area contributed by atoms with Crippen molar-refractivity contribution in [2.45, 2.75) is 16.1 Å². The van der Waals surface area contributed by atoms with Crippen LogP contribution in [0.3, 0.4) is 0 Å². The average Bonchev–Trinajstić information content (AvgIpc) is 3.06. The summed E-state index contributed by atoms with van der Waals surface area (Å²) in [6.45, 7) is 0. The van der Waals surface area contributed by atoms with Gasteiger partial charge in [0.25, 0.3) is 0 Å². The van der Waals surface area contributed by atoms with E-state index in [1.807, 2.05) is 0 Å². The molecule has 6 atom stereocenters. The lowest BCUT2D eigenvalue weighted by Crippen LogP contribution is -2.37. The Balaban J connectivity index is 1.77. The predicted molar refractivity (Wildman–Crippen MR) is 84.6 cm³/mol. The largest absolute Gasteiger partial charge is 0.506 e. The van der Waals surface area contributed by atoms with E-state index in [4.69, 9.17) is 0 Å². The molecule has 1 saturated heterocycles. The molecule has 110 valence electrons. The quantitative estimate of drug-likeness (QED) is 0.567. The normalized spacial score (nSPS) is 41.0. The van der Waals surface area contributed by atoms with Crippen molar-refractivity contribution in [2.24, 2.45) is 23.7 Å². The molecule has 3 aliphatic rings. The van der Waals surface area contributed by atoms with Crippen molar-refractivity contribution in [2.75, 3.05) is 4.90 Å². The number of phenolic OH excluding ortho intramolecular Hbond substituents is 1. The monoisotopic (exact) mass is 413 g/mol. The third kappa shape index (κ3) is 1.66. The van der Waals surface area contributed by atoms with E-state index in [-0.39, 0.29) is 50.9 Å². The molecule has 1 aromatic rings. The number of carbonyl (C=O) groups excluding carboxylic acids is 2. The zero-order valence-electron chi connectivity index (χ0n) is 10.9. The Labute approximate surface area is 138 Å². The van der Waals surface area contributed by atoms with Crippen molar-refractivity contribution < 1.29 is 14.7 Å². The highest BCUT2D eigenvalue weighted by Gasteiger charge is 2.66. The maximum Gasteiger partial charge on any atom is 0.238 e. The summed E-state index contributed by atoms with van der Waals surface area (Å²) in [5, 5.41) is 9.96. The molecule has 4 nitrogen and oxygen atoms in total. The number of para-hydroxylation sites is 2. The van der Waals surface area contributed by atoms with Crippen LogP contribution in [-0.4, -0.2) is 26.6 Å². The lowest BCUT2D eigenvalue weighted by molar-refractivity contribution is -0.123. The Morgan fingerprint density at radius 1 is 1.00 bits per heavy atom. The molecule has 0 aromatic heterocycles. The molecule has 2 unspecified atom stereocenters. The summed E-state index contributed by atoms with van der Waals surface area (Å²) >= 11 is 7.31. The van der Waals surface area contributed by atoms with Gasteiger partial charge in [-0.25, -0.2) is 4.90 Å². The van der Waals surface area contributed by atoms with Gasteiger partial charge in [-0.2, -0.15) is 0 Å². The SMILES string of the molecule is O=C1[C@@H]2[C@H](C(=O)N1c1ccccc1O)[C@H]1C[C@@H]2C(Br)C1Br. The average molecular weight is 415 g/mol. The summed E-state index contributed by atoms with van der Waals surface area (Å²) in [4.78, 5) is 27.1. The van der Waals surface area contributed by atoms with Gasteiger partial charge in [0.05, 0.1) is 17.5 Å². The minimum Gasteiger partial charge on any atom is -0.506 e. The second-order valence-electron chi connectivity index (χ2n) is 6.00. The van der Waals surface area contributed by atoms with E-state index in [1.165, 1.54) is 11.0 Å². The highest BCUT2D eigenvalue weighted by Crippen LogP contribution is 2.60. The fourth-order valence-corrected chi connectivity index (χ4v) is 6.11. The lowest BCUT2D eigenvalue weighted by atomic mass is 9.81. The van der Waals surface area contributed by atoms with Gasteiger partial charge in [0.15, 0.2) is 0 Å². The van der Waals surface area contributed by atoms with Crippen molar-refractivity contribution in [1.29, 1.82) is 0 Å².